The number of nitrogens with one attached hydrogen (secondary N) is 1. The molecule has 0 radical (unpaired) electrons. The quantitative estimate of drug-likeness (QED) is 0.851. The second kappa shape index (κ2) is 6.30. The van der Waals surface area contributed by atoms with Gasteiger partial charge in [0.15, 0.2) is 0 Å². The Morgan fingerprint density at radius 3 is 2.62 bits per heavy atom. The summed E-state index contributed by atoms with van der Waals surface area (Å²) in [6.45, 7) is 1.53. The molecular weight excluding hydrogens is 272 g/mol. The minimum atomic E-state index is -2.45. The fourth-order valence-corrected chi connectivity index (χ4v) is 2.75. The van der Waals surface area contributed by atoms with Gasteiger partial charge in [0.1, 0.15) is 5.75 Å². The predicted octanol–water partition coefficient (Wildman–Crippen LogP) is 4.14. The molecule has 3 rings (SSSR count). The monoisotopic (exact) mass is 295 g/mol. The third kappa shape index (κ3) is 4.67. The molecule has 0 amide bonds. The maximum atomic E-state index is 13.1. The van der Waals surface area contributed by atoms with E-state index in [0.29, 0.717) is 12.8 Å². The molecule has 0 bridgehead atoms. The summed E-state index contributed by atoms with van der Waals surface area (Å²) in [5.74, 6) is -0.790. The van der Waals surface area contributed by atoms with Gasteiger partial charge in [0.2, 0.25) is 5.92 Å². The fourth-order valence-electron chi connectivity index (χ4n) is 2.75. The van der Waals surface area contributed by atoms with E-state index in [9.17, 15) is 8.78 Å². The van der Waals surface area contributed by atoms with Crippen LogP contribution < -0.4 is 10.1 Å². The van der Waals surface area contributed by atoms with Crippen LogP contribution in [0.4, 0.5) is 8.78 Å². The van der Waals surface area contributed by atoms with Crippen LogP contribution in [0.5, 0.6) is 5.75 Å². The lowest BCUT2D eigenvalue weighted by Gasteiger charge is -2.29. The summed E-state index contributed by atoms with van der Waals surface area (Å²) in [5, 5.41) is 3.39. The van der Waals surface area contributed by atoms with Gasteiger partial charge in [0.25, 0.3) is 0 Å². The number of hydrogen-bond acceptors (Lipinski definition) is 2. The van der Waals surface area contributed by atoms with E-state index in [2.05, 4.69) is 11.4 Å². The normalized spacial score (nSPS) is 22.2. The Morgan fingerprint density at radius 2 is 1.90 bits per heavy atom. The van der Waals surface area contributed by atoms with Crippen molar-refractivity contribution < 1.29 is 13.5 Å². The lowest BCUT2D eigenvalue weighted by atomic mass is 9.92. The Labute approximate surface area is 124 Å². The van der Waals surface area contributed by atoms with Crippen molar-refractivity contribution in [1.82, 2.24) is 5.32 Å². The molecule has 2 aliphatic carbocycles. The van der Waals surface area contributed by atoms with Crippen LogP contribution in [-0.2, 0) is 6.54 Å². The number of hydrogen-bond donors (Lipinski definition) is 1. The molecule has 116 valence electrons. The summed E-state index contributed by atoms with van der Waals surface area (Å²) in [7, 11) is 0. The number of halogens is 2. The fraction of sp³-hybridized carbons (Fsp3) is 0.647. The van der Waals surface area contributed by atoms with E-state index in [1.54, 1.807) is 0 Å². The van der Waals surface area contributed by atoms with Crippen LogP contribution in [0, 0.1) is 5.92 Å². The lowest BCUT2D eigenvalue weighted by Crippen LogP contribution is -2.36. The zero-order chi connectivity index (χ0) is 14.7. The van der Waals surface area contributed by atoms with Crippen molar-refractivity contribution in [2.24, 2.45) is 5.92 Å². The van der Waals surface area contributed by atoms with Gasteiger partial charge in [0.05, 0.1) is 6.61 Å². The molecule has 0 heterocycles. The Bertz CT molecular complexity index is 464. The van der Waals surface area contributed by atoms with Gasteiger partial charge in [-0.2, -0.15) is 0 Å². The molecule has 2 aliphatic rings. The molecule has 2 fully saturated rings. The summed E-state index contributed by atoms with van der Waals surface area (Å²) in [4.78, 5) is 0. The van der Waals surface area contributed by atoms with Gasteiger partial charge >= 0.3 is 0 Å². The van der Waals surface area contributed by atoms with E-state index < -0.39 is 5.92 Å². The van der Waals surface area contributed by atoms with E-state index in [4.69, 9.17) is 4.74 Å². The molecule has 21 heavy (non-hydrogen) atoms. The second-order valence-electron chi connectivity index (χ2n) is 6.41. The maximum absolute atomic E-state index is 13.1. The largest absolute Gasteiger partial charge is 0.493 e. The second-order valence-corrected chi connectivity index (χ2v) is 6.41. The minimum absolute atomic E-state index is 0.00913. The highest BCUT2D eigenvalue weighted by molar-refractivity contribution is 5.28. The predicted molar refractivity (Wildman–Crippen MR) is 78.7 cm³/mol. The van der Waals surface area contributed by atoms with E-state index in [0.717, 1.165) is 30.4 Å². The molecule has 1 aromatic carbocycles. The van der Waals surface area contributed by atoms with Gasteiger partial charge in [0, 0.05) is 25.4 Å². The summed E-state index contributed by atoms with van der Waals surface area (Å²) >= 11 is 0. The van der Waals surface area contributed by atoms with Crippen molar-refractivity contribution in [2.75, 3.05) is 6.61 Å². The van der Waals surface area contributed by atoms with Crippen molar-refractivity contribution in [3.63, 3.8) is 0 Å². The van der Waals surface area contributed by atoms with Crippen LogP contribution in [0.3, 0.4) is 0 Å². The van der Waals surface area contributed by atoms with Gasteiger partial charge in [-0.25, -0.2) is 8.78 Å². The SMILES string of the molecule is FC1(F)CCC(NCc2cccc(OCC3CC3)c2)CC1. The molecule has 0 aliphatic heterocycles. The van der Waals surface area contributed by atoms with Crippen LogP contribution in [0.1, 0.15) is 44.1 Å². The first-order valence-corrected chi connectivity index (χ1v) is 7.94. The molecule has 2 saturated carbocycles. The van der Waals surface area contributed by atoms with Crippen LogP contribution >= 0.6 is 0 Å². The zero-order valence-corrected chi connectivity index (χ0v) is 12.3. The average molecular weight is 295 g/mol. The Morgan fingerprint density at radius 1 is 1.14 bits per heavy atom. The highest BCUT2D eigenvalue weighted by Gasteiger charge is 2.34. The molecule has 1 N–H and O–H groups in total. The average Bonchev–Trinajstić information content (AvgIpc) is 3.29. The van der Waals surface area contributed by atoms with Crippen LogP contribution in [0.2, 0.25) is 0 Å². The van der Waals surface area contributed by atoms with Gasteiger partial charge < -0.3 is 10.1 Å². The molecule has 0 unspecified atom stereocenters. The highest BCUT2D eigenvalue weighted by Crippen LogP contribution is 2.33. The molecule has 0 aromatic heterocycles. The van der Waals surface area contributed by atoms with E-state index in [1.165, 1.54) is 12.8 Å². The van der Waals surface area contributed by atoms with Crippen LogP contribution in [-0.4, -0.2) is 18.6 Å². The molecule has 0 saturated heterocycles. The summed E-state index contributed by atoms with van der Waals surface area (Å²) in [6, 6.07) is 8.28. The Hall–Kier alpha value is -1.16. The molecule has 0 spiro atoms. The smallest absolute Gasteiger partial charge is 0.248 e. The summed E-state index contributed by atoms with van der Waals surface area (Å²) < 4.78 is 32.0. The van der Waals surface area contributed by atoms with E-state index >= 15 is 0 Å². The Balaban J connectivity index is 1.45. The van der Waals surface area contributed by atoms with Crippen LogP contribution in [0.15, 0.2) is 24.3 Å². The van der Waals surface area contributed by atoms with E-state index in [1.807, 2.05) is 18.2 Å². The van der Waals surface area contributed by atoms with Crippen molar-refractivity contribution in [1.29, 1.82) is 0 Å². The lowest BCUT2D eigenvalue weighted by molar-refractivity contribution is -0.0405. The van der Waals surface area contributed by atoms with Crippen molar-refractivity contribution in [2.45, 2.75) is 57.0 Å². The highest BCUT2D eigenvalue weighted by atomic mass is 19.3. The van der Waals surface area contributed by atoms with Crippen molar-refractivity contribution in [3.05, 3.63) is 29.8 Å². The molecule has 0 atom stereocenters. The minimum Gasteiger partial charge on any atom is -0.493 e. The summed E-state index contributed by atoms with van der Waals surface area (Å²) in [6.07, 6.45) is 3.71. The standard InChI is InChI=1S/C17H23F2NO/c18-17(19)8-6-15(7-9-17)20-11-14-2-1-3-16(10-14)21-12-13-4-5-13/h1-3,10,13,15,20H,4-9,11-12H2. The number of benzene rings is 1. The molecular formula is C17H23F2NO. The van der Waals surface area contributed by atoms with Gasteiger partial charge in [-0.15, -0.1) is 0 Å². The molecule has 4 heteroatoms. The zero-order valence-electron chi connectivity index (χ0n) is 12.3. The topological polar surface area (TPSA) is 21.3 Å². The number of ether oxygens (including phenoxy) is 1. The first-order chi connectivity index (χ1) is 10.1. The van der Waals surface area contributed by atoms with Gasteiger partial charge in [-0.3, -0.25) is 0 Å². The number of rotatable bonds is 6. The third-order valence-electron chi connectivity index (χ3n) is 4.39. The first kappa shape index (κ1) is 14.8. The Kier molecular flexibility index (Phi) is 4.43. The van der Waals surface area contributed by atoms with Gasteiger partial charge in [-0.1, -0.05) is 12.1 Å². The number of alkyl halides is 2. The maximum Gasteiger partial charge on any atom is 0.248 e. The molecule has 1 aromatic rings. The van der Waals surface area contributed by atoms with Crippen molar-refractivity contribution in [3.8, 4) is 5.75 Å². The van der Waals surface area contributed by atoms with E-state index in [-0.39, 0.29) is 18.9 Å². The van der Waals surface area contributed by atoms with Gasteiger partial charge in [-0.05, 0) is 49.3 Å². The summed E-state index contributed by atoms with van der Waals surface area (Å²) in [5.41, 5.74) is 1.15. The molecule has 2 nitrogen and oxygen atoms in total. The third-order valence-corrected chi connectivity index (χ3v) is 4.39. The first-order valence-electron chi connectivity index (χ1n) is 7.94. The van der Waals surface area contributed by atoms with Crippen molar-refractivity contribution >= 4 is 0 Å². The van der Waals surface area contributed by atoms with Crippen LogP contribution in [0.25, 0.3) is 0 Å².